The van der Waals surface area contributed by atoms with Crippen molar-refractivity contribution < 1.29 is 4.74 Å². The molecule has 0 aliphatic carbocycles. The molecule has 1 aromatic rings. The highest BCUT2D eigenvalue weighted by atomic mass is 79.9. The van der Waals surface area contributed by atoms with Crippen LogP contribution in [0.15, 0.2) is 25.6 Å². The molecule has 1 aliphatic rings. The number of hydrogen-bond donors (Lipinski definition) is 1. The lowest BCUT2D eigenvalue weighted by atomic mass is 10.2. The SMILES string of the molecule is Brc1cc(Br)c(OCC2CCCN2)c(Br)c1. The first-order valence-electron chi connectivity index (χ1n) is 5.17. The van der Waals surface area contributed by atoms with E-state index in [0.29, 0.717) is 6.04 Å². The number of hydrogen-bond acceptors (Lipinski definition) is 2. The Balaban J connectivity index is 2.03. The Morgan fingerprint density at radius 3 is 2.50 bits per heavy atom. The highest BCUT2D eigenvalue weighted by Gasteiger charge is 2.16. The zero-order valence-electron chi connectivity index (χ0n) is 8.60. The first-order valence-corrected chi connectivity index (χ1v) is 7.55. The monoisotopic (exact) mass is 411 g/mol. The Bertz CT molecular complexity index is 354. The van der Waals surface area contributed by atoms with E-state index in [1.807, 2.05) is 12.1 Å². The van der Waals surface area contributed by atoms with Gasteiger partial charge in [-0.2, -0.15) is 0 Å². The maximum Gasteiger partial charge on any atom is 0.147 e. The van der Waals surface area contributed by atoms with Gasteiger partial charge >= 0.3 is 0 Å². The average Bonchev–Trinajstić information content (AvgIpc) is 2.68. The molecule has 0 spiro atoms. The predicted octanol–water partition coefficient (Wildman–Crippen LogP) is 4.10. The topological polar surface area (TPSA) is 21.3 Å². The molecular weight excluding hydrogens is 402 g/mol. The lowest BCUT2D eigenvalue weighted by molar-refractivity contribution is 0.274. The molecule has 5 heteroatoms. The van der Waals surface area contributed by atoms with Crippen LogP contribution in [0.25, 0.3) is 0 Å². The highest BCUT2D eigenvalue weighted by Crippen LogP contribution is 2.36. The van der Waals surface area contributed by atoms with Gasteiger partial charge in [0.25, 0.3) is 0 Å². The van der Waals surface area contributed by atoms with E-state index in [2.05, 4.69) is 53.1 Å². The third-order valence-electron chi connectivity index (χ3n) is 2.55. The molecule has 0 bridgehead atoms. The molecule has 2 rings (SSSR count). The van der Waals surface area contributed by atoms with Crippen LogP contribution in [0, 0.1) is 0 Å². The van der Waals surface area contributed by atoms with Gasteiger partial charge in [-0.05, 0) is 63.4 Å². The molecule has 1 aromatic carbocycles. The molecule has 0 radical (unpaired) electrons. The molecule has 0 amide bonds. The summed E-state index contributed by atoms with van der Waals surface area (Å²) in [6.45, 7) is 1.83. The van der Waals surface area contributed by atoms with Crippen molar-refractivity contribution in [2.75, 3.05) is 13.2 Å². The molecule has 1 unspecified atom stereocenters. The fraction of sp³-hybridized carbons (Fsp3) is 0.455. The van der Waals surface area contributed by atoms with Crippen molar-refractivity contribution in [2.45, 2.75) is 18.9 Å². The number of halogens is 3. The van der Waals surface area contributed by atoms with Crippen molar-refractivity contribution in [1.29, 1.82) is 0 Å². The van der Waals surface area contributed by atoms with Gasteiger partial charge in [-0.3, -0.25) is 0 Å². The zero-order valence-corrected chi connectivity index (χ0v) is 13.4. The molecule has 1 heterocycles. The van der Waals surface area contributed by atoms with Crippen LogP contribution in [0.5, 0.6) is 5.75 Å². The third-order valence-corrected chi connectivity index (χ3v) is 4.19. The van der Waals surface area contributed by atoms with Gasteiger partial charge in [-0.15, -0.1) is 0 Å². The van der Waals surface area contributed by atoms with Crippen LogP contribution in [0.1, 0.15) is 12.8 Å². The van der Waals surface area contributed by atoms with Crippen molar-refractivity contribution in [2.24, 2.45) is 0 Å². The summed E-state index contributed by atoms with van der Waals surface area (Å²) in [5, 5.41) is 3.41. The molecule has 1 atom stereocenters. The van der Waals surface area contributed by atoms with Gasteiger partial charge in [0.05, 0.1) is 8.95 Å². The van der Waals surface area contributed by atoms with E-state index in [1.54, 1.807) is 0 Å². The second-order valence-electron chi connectivity index (χ2n) is 3.80. The molecule has 88 valence electrons. The molecule has 1 fully saturated rings. The summed E-state index contributed by atoms with van der Waals surface area (Å²) < 4.78 is 8.78. The van der Waals surface area contributed by atoms with Crippen molar-refractivity contribution in [3.05, 3.63) is 25.6 Å². The number of ether oxygens (including phenoxy) is 1. The summed E-state index contributed by atoms with van der Waals surface area (Å²) in [6, 6.07) is 4.46. The fourth-order valence-electron chi connectivity index (χ4n) is 1.75. The lowest BCUT2D eigenvalue weighted by Gasteiger charge is -2.14. The minimum absolute atomic E-state index is 0.488. The van der Waals surface area contributed by atoms with E-state index in [-0.39, 0.29) is 0 Å². The largest absolute Gasteiger partial charge is 0.490 e. The Morgan fingerprint density at radius 1 is 1.25 bits per heavy atom. The summed E-state index contributed by atoms with van der Waals surface area (Å²) in [5.74, 6) is 0.872. The smallest absolute Gasteiger partial charge is 0.147 e. The van der Waals surface area contributed by atoms with Crippen LogP contribution in [0.2, 0.25) is 0 Å². The maximum absolute atomic E-state index is 5.83. The van der Waals surface area contributed by atoms with Crippen LogP contribution in [0.4, 0.5) is 0 Å². The Hall–Kier alpha value is 0.420. The number of rotatable bonds is 3. The third kappa shape index (κ3) is 3.22. The minimum Gasteiger partial charge on any atom is -0.490 e. The normalized spacial score (nSPS) is 20.1. The quantitative estimate of drug-likeness (QED) is 0.805. The molecule has 2 nitrogen and oxygen atoms in total. The van der Waals surface area contributed by atoms with E-state index in [9.17, 15) is 0 Å². The molecule has 16 heavy (non-hydrogen) atoms. The van der Waals surface area contributed by atoms with E-state index < -0.39 is 0 Å². The van der Waals surface area contributed by atoms with Crippen LogP contribution in [-0.2, 0) is 0 Å². The molecule has 1 aliphatic heterocycles. The Kier molecular flexibility index (Phi) is 4.70. The zero-order chi connectivity index (χ0) is 11.5. The van der Waals surface area contributed by atoms with Gasteiger partial charge in [-0.25, -0.2) is 0 Å². The first-order chi connectivity index (χ1) is 7.66. The van der Waals surface area contributed by atoms with Crippen LogP contribution in [-0.4, -0.2) is 19.2 Å². The van der Waals surface area contributed by atoms with Crippen LogP contribution < -0.4 is 10.1 Å². The van der Waals surface area contributed by atoms with Crippen molar-refractivity contribution in [1.82, 2.24) is 5.32 Å². The van der Waals surface area contributed by atoms with Gasteiger partial charge < -0.3 is 10.1 Å². The summed E-state index contributed by atoms with van der Waals surface area (Å²) in [4.78, 5) is 0. The highest BCUT2D eigenvalue weighted by molar-refractivity contribution is 9.11. The van der Waals surface area contributed by atoms with Gasteiger partial charge in [0.15, 0.2) is 0 Å². The van der Waals surface area contributed by atoms with E-state index in [0.717, 1.165) is 32.3 Å². The predicted molar refractivity (Wildman–Crippen MR) is 76.1 cm³/mol. The fourth-order valence-corrected chi connectivity index (χ4v) is 4.24. The van der Waals surface area contributed by atoms with E-state index in [4.69, 9.17) is 4.74 Å². The lowest BCUT2D eigenvalue weighted by Crippen LogP contribution is -2.28. The number of nitrogens with one attached hydrogen (secondary N) is 1. The van der Waals surface area contributed by atoms with Crippen molar-refractivity contribution in [3.8, 4) is 5.75 Å². The van der Waals surface area contributed by atoms with E-state index >= 15 is 0 Å². The minimum atomic E-state index is 0.488. The maximum atomic E-state index is 5.83. The molecule has 1 saturated heterocycles. The molecular formula is C11H12Br3NO. The molecule has 0 aromatic heterocycles. The molecule has 1 N–H and O–H groups in total. The second kappa shape index (κ2) is 5.85. The van der Waals surface area contributed by atoms with Crippen LogP contribution >= 0.6 is 47.8 Å². The van der Waals surface area contributed by atoms with E-state index in [1.165, 1.54) is 12.8 Å². The Morgan fingerprint density at radius 2 is 1.94 bits per heavy atom. The van der Waals surface area contributed by atoms with Gasteiger partial charge in [0.2, 0.25) is 0 Å². The summed E-state index contributed by atoms with van der Waals surface area (Å²) in [5.41, 5.74) is 0. The van der Waals surface area contributed by atoms with Crippen molar-refractivity contribution in [3.63, 3.8) is 0 Å². The number of benzene rings is 1. The standard InChI is InChI=1S/C11H12Br3NO/c12-7-4-9(13)11(10(14)5-7)16-6-8-2-1-3-15-8/h4-5,8,15H,1-3,6H2. The Labute approximate surface area is 121 Å². The summed E-state index contributed by atoms with van der Waals surface area (Å²) in [7, 11) is 0. The van der Waals surface area contributed by atoms with Crippen molar-refractivity contribution >= 4 is 47.8 Å². The summed E-state index contributed by atoms with van der Waals surface area (Å²) in [6.07, 6.45) is 2.45. The van der Waals surface area contributed by atoms with Crippen LogP contribution in [0.3, 0.4) is 0 Å². The molecule has 0 saturated carbocycles. The van der Waals surface area contributed by atoms with Gasteiger partial charge in [-0.1, -0.05) is 15.9 Å². The van der Waals surface area contributed by atoms with Gasteiger partial charge in [0.1, 0.15) is 12.4 Å². The average molecular weight is 414 g/mol. The second-order valence-corrected chi connectivity index (χ2v) is 6.43. The summed E-state index contributed by atoms with van der Waals surface area (Å²) >= 11 is 10.4. The van der Waals surface area contributed by atoms with Gasteiger partial charge in [0, 0.05) is 10.5 Å². The first kappa shape index (κ1) is 12.9.